The summed E-state index contributed by atoms with van der Waals surface area (Å²) in [6, 6.07) is 16.0. The molecule has 0 saturated carbocycles. The first-order valence-electron chi connectivity index (χ1n) is 9.16. The van der Waals surface area contributed by atoms with Crippen molar-refractivity contribution in [1.82, 2.24) is 10.3 Å². The topological polar surface area (TPSA) is 51.2 Å². The second kappa shape index (κ2) is 9.96. The summed E-state index contributed by atoms with van der Waals surface area (Å²) in [4.78, 5) is 17.0. The highest BCUT2D eigenvalue weighted by Crippen LogP contribution is 2.26. The number of nitrogens with zero attached hydrogens (tertiary/aromatic N) is 1. The van der Waals surface area contributed by atoms with Crippen LogP contribution in [0.4, 0.5) is 0 Å². The Morgan fingerprint density at radius 3 is 2.71 bits per heavy atom. The Kier molecular flexibility index (Phi) is 7.36. The summed E-state index contributed by atoms with van der Waals surface area (Å²) >= 11 is 5.03. The summed E-state index contributed by atoms with van der Waals surface area (Å²) < 4.78 is 6.71. The molecule has 0 radical (unpaired) electrons. The van der Waals surface area contributed by atoms with Crippen LogP contribution in [0.25, 0.3) is 10.6 Å². The number of thiazole rings is 1. The van der Waals surface area contributed by atoms with Crippen LogP contribution in [0.5, 0.6) is 0 Å². The third-order valence-electron chi connectivity index (χ3n) is 4.13. The molecule has 28 heavy (non-hydrogen) atoms. The molecule has 0 bridgehead atoms. The molecular formula is C22H23BrN2O2S. The van der Waals surface area contributed by atoms with E-state index < -0.39 is 0 Å². The molecule has 1 heterocycles. The highest BCUT2D eigenvalue weighted by atomic mass is 79.9. The lowest BCUT2D eigenvalue weighted by atomic mass is 10.1. The van der Waals surface area contributed by atoms with Crippen LogP contribution in [0.2, 0.25) is 0 Å². The number of ether oxygens (including phenoxy) is 1. The SMILES string of the molecule is CC(C)OCc1ccccc1CNC(=O)Cc1csc(-c2cccc(Br)c2)n1. The van der Waals surface area contributed by atoms with E-state index in [0.717, 1.165) is 31.9 Å². The zero-order valence-electron chi connectivity index (χ0n) is 15.9. The van der Waals surface area contributed by atoms with Crippen LogP contribution in [-0.4, -0.2) is 17.0 Å². The average Bonchev–Trinajstić information content (AvgIpc) is 3.14. The Hall–Kier alpha value is -2.02. The maximum Gasteiger partial charge on any atom is 0.226 e. The summed E-state index contributed by atoms with van der Waals surface area (Å²) in [7, 11) is 0. The molecule has 0 aliphatic rings. The lowest BCUT2D eigenvalue weighted by molar-refractivity contribution is -0.120. The molecule has 0 fully saturated rings. The molecular weight excluding hydrogens is 436 g/mol. The zero-order chi connectivity index (χ0) is 19.9. The van der Waals surface area contributed by atoms with E-state index >= 15 is 0 Å². The molecule has 1 N–H and O–H groups in total. The van der Waals surface area contributed by atoms with E-state index in [0.29, 0.717) is 13.2 Å². The van der Waals surface area contributed by atoms with E-state index in [1.165, 1.54) is 0 Å². The fourth-order valence-corrected chi connectivity index (χ4v) is 3.91. The molecule has 1 aromatic heterocycles. The number of carbonyl (C=O) groups excluding carboxylic acids is 1. The number of benzene rings is 2. The smallest absolute Gasteiger partial charge is 0.226 e. The molecule has 6 heteroatoms. The quantitative estimate of drug-likeness (QED) is 0.494. The fraction of sp³-hybridized carbons (Fsp3) is 0.273. The molecule has 4 nitrogen and oxygen atoms in total. The lowest BCUT2D eigenvalue weighted by Crippen LogP contribution is -2.25. The van der Waals surface area contributed by atoms with Crippen LogP contribution in [0.1, 0.15) is 30.7 Å². The molecule has 1 amide bonds. The van der Waals surface area contributed by atoms with Gasteiger partial charge < -0.3 is 10.1 Å². The predicted octanol–water partition coefficient (Wildman–Crippen LogP) is 5.36. The molecule has 0 unspecified atom stereocenters. The minimum atomic E-state index is -0.0364. The average molecular weight is 459 g/mol. The molecule has 2 aromatic carbocycles. The molecule has 0 saturated heterocycles. The van der Waals surface area contributed by atoms with Gasteiger partial charge in [-0.1, -0.05) is 52.3 Å². The monoisotopic (exact) mass is 458 g/mol. The molecule has 0 spiro atoms. The van der Waals surface area contributed by atoms with Gasteiger partial charge in [0.05, 0.1) is 24.8 Å². The van der Waals surface area contributed by atoms with Gasteiger partial charge in [-0.15, -0.1) is 11.3 Å². The van der Waals surface area contributed by atoms with E-state index in [-0.39, 0.29) is 18.4 Å². The highest BCUT2D eigenvalue weighted by Gasteiger charge is 2.10. The predicted molar refractivity (Wildman–Crippen MR) is 117 cm³/mol. The Morgan fingerprint density at radius 1 is 1.18 bits per heavy atom. The number of carbonyl (C=O) groups is 1. The highest BCUT2D eigenvalue weighted by molar-refractivity contribution is 9.10. The van der Waals surface area contributed by atoms with Crippen LogP contribution in [0.3, 0.4) is 0 Å². The third-order valence-corrected chi connectivity index (χ3v) is 5.56. The minimum absolute atomic E-state index is 0.0364. The fourth-order valence-electron chi connectivity index (χ4n) is 2.69. The summed E-state index contributed by atoms with van der Waals surface area (Å²) in [6.45, 7) is 5.06. The summed E-state index contributed by atoms with van der Waals surface area (Å²) in [6.07, 6.45) is 0.446. The van der Waals surface area contributed by atoms with Crippen LogP contribution in [0.15, 0.2) is 58.4 Å². The summed E-state index contributed by atoms with van der Waals surface area (Å²) in [5, 5.41) is 5.86. The number of rotatable bonds is 8. The van der Waals surface area contributed by atoms with Crippen LogP contribution in [-0.2, 0) is 29.1 Å². The molecule has 3 aromatic rings. The van der Waals surface area contributed by atoms with Gasteiger partial charge in [0.2, 0.25) is 5.91 Å². The van der Waals surface area contributed by atoms with Crippen molar-refractivity contribution in [2.75, 3.05) is 0 Å². The van der Waals surface area contributed by atoms with Gasteiger partial charge >= 0.3 is 0 Å². The second-order valence-electron chi connectivity index (χ2n) is 6.74. The number of halogens is 1. The first-order chi connectivity index (χ1) is 13.5. The molecule has 146 valence electrons. The van der Waals surface area contributed by atoms with Crippen molar-refractivity contribution < 1.29 is 9.53 Å². The van der Waals surface area contributed by atoms with Gasteiger partial charge in [0.25, 0.3) is 0 Å². The first kappa shape index (κ1) is 20.7. The van der Waals surface area contributed by atoms with E-state index in [1.807, 2.05) is 67.8 Å². The van der Waals surface area contributed by atoms with Gasteiger partial charge in [-0.2, -0.15) is 0 Å². The Morgan fingerprint density at radius 2 is 1.96 bits per heavy atom. The van der Waals surface area contributed by atoms with Crippen molar-refractivity contribution in [1.29, 1.82) is 0 Å². The maximum absolute atomic E-state index is 12.4. The van der Waals surface area contributed by atoms with Gasteiger partial charge in [-0.3, -0.25) is 4.79 Å². The van der Waals surface area contributed by atoms with Crippen molar-refractivity contribution in [3.8, 4) is 10.6 Å². The van der Waals surface area contributed by atoms with E-state index in [4.69, 9.17) is 4.74 Å². The Labute approximate surface area is 178 Å². The standard InChI is InChI=1S/C22H23BrN2O2S/c1-15(2)27-13-18-7-4-3-6-17(18)12-24-21(26)11-20-14-28-22(25-20)16-8-5-9-19(23)10-16/h3-10,14-15H,11-13H2,1-2H3,(H,24,26). The van der Waals surface area contributed by atoms with Gasteiger partial charge in [0, 0.05) is 22.0 Å². The third kappa shape index (κ3) is 5.99. The van der Waals surface area contributed by atoms with Gasteiger partial charge in [0.1, 0.15) is 5.01 Å². The van der Waals surface area contributed by atoms with Crippen LogP contribution in [0, 0.1) is 0 Å². The van der Waals surface area contributed by atoms with Gasteiger partial charge in [-0.05, 0) is 37.1 Å². The first-order valence-corrected chi connectivity index (χ1v) is 10.8. The largest absolute Gasteiger partial charge is 0.374 e. The number of hydrogen-bond acceptors (Lipinski definition) is 4. The minimum Gasteiger partial charge on any atom is -0.374 e. The number of hydrogen-bond donors (Lipinski definition) is 1. The number of amides is 1. The van der Waals surface area contributed by atoms with Crippen LogP contribution < -0.4 is 5.32 Å². The maximum atomic E-state index is 12.4. The summed E-state index contributed by atoms with van der Waals surface area (Å²) in [5.74, 6) is -0.0364. The van der Waals surface area contributed by atoms with Gasteiger partial charge in [0.15, 0.2) is 0 Å². The van der Waals surface area contributed by atoms with Crippen molar-refractivity contribution in [3.05, 3.63) is 75.2 Å². The number of nitrogens with one attached hydrogen (secondary N) is 1. The lowest BCUT2D eigenvalue weighted by Gasteiger charge is -2.12. The second-order valence-corrected chi connectivity index (χ2v) is 8.51. The van der Waals surface area contributed by atoms with Crippen molar-refractivity contribution in [3.63, 3.8) is 0 Å². The summed E-state index contributed by atoms with van der Waals surface area (Å²) in [5.41, 5.74) is 4.01. The van der Waals surface area contributed by atoms with Gasteiger partial charge in [-0.25, -0.2) is 4.98 Å². The van der Waals surface area contributed by atoms with Crippen LogP contribution >= 0.6 is 27.3 Å². The van der Waals surface area contributed by atoms with Crippen molar-refractivity contribution in [2.24, 2.45) is 0 Å². The van der Waals surface area contributed by atoms with E-state index in [2.05, 4.69) is 26.2 Å². The molecule has 3 rings (SSSR count). The molecule has 0 atom stereocenters. The zero-order valence-corrected chi connectivity index (χ0v) is 18.3. The van der Waals surface area contributed by atoms with E-state index in [9.17, 15) is 4.79 Å². The normalized spacial score (nSPS) is 11.0. The molecule has 0 aliphatic heterocycles. The van der Waals surface area contributed by atoms with Crippen molar-refractivity contribution >= 4 is 33.2 Å². The number of aromatic nitrogens is 1. The Bertz CT molecular complexity index is 940. The van der Waals surface area contributed by atoms with E-state index in [1.54, 1.807) is 11.3 Å². The molecule has 0 aliphatic carbocycles. The Balaban J connectivity index is 1.57. The van der Waals surface area contributed by atoms with Crippen molar-refractivity contribution in [2.45, 2.75) is 39.5 Å².